The van der Waals surface area contributed by atoms with Crippen molar-refractivity contribution in [3.8, 4) is 0 Å². The lowest BCUT2D eigenvalue weighted by atomic mass is 9.86. The van der Waals surface area contributed by atoms with Gasteiger partial charge in [0.2, 0.25) is 0 Å². The van der Waals surface area contributed by atoms with Gasteiger partial charge in [0.15, 0.2) is 0 Å². The Kier molecular flexibility index (Phi) is 3.95. The molecule has 18 heavy (non-hydrogen) atoms. The van der Waals surface area contributed by atoms with E-state index < -0.39 is 0 Å². The van der Waals surface area contributed by atoms with Crippen molar-refractivity contribution in [3.63, 3.8) is 0 Å². The first-order chi connectivity index (χ1) is 8.54. The Hall–Kier alpha value is -1.03. The van der Waals surface area contributed by atoms with E-state index in [1.54, 1.807) is 0 Å². The predicted molar refractivity (Wildman–Crippen MR) is 76.0 cm³/mol. The van der Waals surface area contributed by atoms with Crippen molar-refractivity contribution in [1.29, 1.82) is 0 Å². The molecule has 0 aromatic carbocycles. The third-order valence-electron chi connectivity index (χ3n) is 4.33. The van der Waals surface area contributed by atoms with Gasteiger partial charge in [-0.25, -0.2) is 0 Å². The number of aryl methyl sites for hydroxylation is 2. The third kappa shape index (κ3) is 2.39. The molecule has 0 amide bonds. The first-order valence-corrected chi connectivity index (χ1v) is 7.04. The van der Waals surface area contributed by atoms with Gasteiger partial charge >= 0.3 is 0 Å². The van der Waals surface area contributed by atoms with Gasteiger partial charge < -0.3 is 10.2 Å². The molecule has 102 valence electrons. The van der Waals surface area contributed by atoms with E-state index in [1.807, 2.05) is 11.7 Å². The number of hydrogen-bond donors (Lipinski definition) is 1. The fraction of sp³-hybridized carbons (Fsp3) is 0.786. The summed E-state index contributed by atoms with van der Waals surface area (Å²) in [6.07, 6.45) is 3.36. The lowest BCUT2D eigenvalue weighted by Gasteiger charge is -2.44. The summed E-state index contributed by atoms with van der Waals surface area (Å²) < 4.78 is 1.92. The minimum atomic E-state index is 0.561. The third-order valence-corrected chi connectivity index (χ3v) is 4.33. The van der Waals surface area contributed by atoms with Crippen molar-refractivity contribution >= 4 is 5.69 Å². The van der Waals surface area contributed by atoms with Crippen LogP contribution in [0.3, 0.4) is 0 Å². The maximum atomic E-state index is 4.46. The van der Waals surface area contributed by atoms with Crippen LogP contribution in [0.15, 0.2) is 6.20 Å². The van der Waals surface area contributed by atoms with E-state index in [0.29, 0.717) is 18.0 Å². The molecule has 0 bridgehead atoms. The SMILES string of the molecule is CCNC1CCN(c2cn(C)nc2C)C(C)C1C. The smallest absolute Gasteiger partial charge is 0.0827 e. The van der Waals surface area contributed by atoms with Crippen LogP contribution in [0.4, 0.5) is 5.69 Å². The van der Waals surface area contributed by atoms with Gasteiger partial charge in [0.1, 0.15) is 0 Å². The van der Waals surface area contributed by atoms with E-state index in [0.717, 1.165) is 18.8 Å². The van der Waals surface area contributed by atoms with Crippen molar-refractivity contribution in [2.45, 2.75) is 46.2 Å². The van der Waals surface area contributed by atoms with Crippen LogP contribution < -0.4 is 10.2 Å². The summed E-state index contributed by atoms with van der Waals surface area (Å²) in [5, 5.41) is 8.07. The molecule has 4 heteroatoms. The molecule has 1 saturated heterocycles. The number of piperidine rings is 1. The number of nitrogens with one attached hydrogen (secondary N) is 1. The normalized spacial score (nSPS) is 28.7. The second kappa shape index (κ2) is 5.31. The summed E-state index contributed by atoms with van der Waals surface area (Å²) in [6, 6.07) is 1.21. The Bertz CT molecular complexity index is 398. The molecule has 1 fully saturated rings. The van der Waals surface area contributed by atoms with E-state index >= 15 is 0 Å². The van der Waals surface area contributed by atoms with Gasteiger partial charge in [-0.1, -0.05) is 13.8 Å². The molecule has 3 unspecified atom stereocenters. The first-order valence-electron chi connectivity index (χ1n) is 7.04. The van der Waals surface area contributed by atoms with E-state index in [1.165, 1.54) is 12.1 Å². The van der Waals surface area contributed by atoms with Crippen LogP contribution in [0.2, 0.25) is 0 Å². The molecule has 2 heterocycles. The molecule has 0 radical (unpaired) electrons. The second-order valence-corrected chi connectivity index (χ2v) is 5.52. The second-order valence-electron chi connectivity index (χ2n) is 5.52. The Morgan fingerprint density at radius 3 is 2.72 bits per heavy atom. The highest BCUT2D eigenvalue weighted by Crippen LogP contribution is 2.30. The minimum absolute atomic E-state index is 0.561. The fourth-order valence-corrected chi connectivity index (χ4v) is 3.12. The number of rotatable bonds is 3. The van der Waals surface area contributed by atoms with Gasteiger partial charge in [0, 0.05) is 31.9 Å². The Labute approximate surface area is 110 Å². The number of nitrogens with zero attached hydrogens (tertiary/aromatic N) is 3. The summed E-state index contributed by atoms with van der Waals surface area (Å²) in [5.41, 5.74) is 2.44. The zero-order valence-corrected chi connectivity index (χ0v) is 12.3. The largest absolute Gasteiger partial charge is 0.366 e. The summed E-state index contributed by atoms with van der Waals surface area (Å²) >= 11 is 0. The van der Waals surface area contributed by atoms with Gasteiger partial charge in [-0.2, -0.15) is 5.10 Å². The highest BCUT2D eigenvalue weighted by atomic mass is 15.3. The Morgan fingerprint density at radius 2 is 2.17 bits per heavy atom. The zero-order chi connectivity index (χ0) is 13.3. The summed E-state index contributed by atoms with van der Waals surface area (Å²) in [6.45, 7) is 11.2. The van der Waals surface area contributed by atoms with Gasteiger partial charge in [-0.15, -0.1) is 0 Å². The Morgan fingerprint density at radius 1 is 1.44 bits per heavy atom. The lowest BCUT2D eigenvalue weighted by Crippen LogP contribution is -2.53. The van der Waals surface area contributed by atoms with Crippen LogP contribution in [0.25, 0.3) is 0 Å². The average Bonchev–Trinajstić information content (AvgIpc) is 2.65. The monoisotopic (exact) mass is 250 g/mol. The van der Waals surface area contributed by atoms with E-state index in [4.69, 9.17) is 0 Å². The zero-order valence-electron chi connectivity index (χ0n) is 12.3. The molecule has 1 aromatic rings. The molecule has 1 N–H and O–H groups in total. The highest BCUT2D eigenvalue weighted by molar-refractivity contribution is 5.50. The summed E-state index contributed by atoms with van der Waals surface area (Å²) in [5.74, 6) is 0.665. The van der Waals surface area contributed by atoms with Crippen molar-refractivity contribution < 1.29 is 0 Å². The van der Waals surface area contributed by atoms with E-state index in [2.05, 4.69) is 49.2 Å². The van der Waals surface area contributed by atoms with Crippen molar-refractivity contribution in [1.82, 2.24) is 15.1 Å². The fourth-order valence-electron chi connectivity index (χ4n) is 3.12. The molecule has 1 aliphatic heterocycles. The van der Waals surface area contributed by atoms with E-state index in [-0.39, 0.29) is 0 Å². The molecule has 4 nitrogen and oxygen atoms in total. The van der Waals surface area contributed by atoms with Crippen LogP contribution in [0.5, 0.6) is 0 Å². The van der Waals surface area contributed by atoms with E-state index in [9.17, 15) is 0 Å². The number of hydrogen-bond acceptors (Lipinski definition) is 3. The topological polar surface area (TPSA) is 33.1 Å². The van der Waals surface area contributed by atoms with Crippen molar-refractivity contribution in [2.24, 2.45) is 13.0 Å². The van der Waals surface area contributed by atoms with Crippen molar-refractivity contribution in [2.75, 3.05) is 18.0 Å². The van der Waals surface area contributed by atoms with Crippen LogP contribution in [0.1, 0.15) is 32.9 Å². The molecule has 3 atom stereocenters. The molecular weight excluding hydrogens is 224 g/mol. The molecule has 0 spiro atoms. The standard InChI is InChI=1S/C14H26N4/c1-6-15-13-7-8-18(12(4)10(13)2)14-9-17(5)16-11(14)3/h9-10,12-13,15H,6-8H2,1-5H3. The molecule has 0 saturated carbocycles. The van der Waals surface area contributed by atoms with Crippen LogP contribution >= 0.6 is 0 Å². The van der Waals surface area contributed by atoms with Crippen molar-refractivity contribution in [3.05, 3.63) is 11.9 Å². The molecular formula is C14H26N4. The molecule has 1 aliphatic rings. The van der Waals surface area contributed by atoms with Crippen LogP contribution in [0, 0.1) is 12.8 Å². The van der Waals surface area contributed by atoms with Gasteiger partial charge in [-0.3, -0.25) is 4.68 Å². The Balaban J connectivity index is 2.15. The summed E-state index contributed by atoms with van der Waals surface area (Å²) in [7, 11) is 2.00. The highest BCUT2D eigenvalue weighted by Gasteiger charge is 2.33. The molecule has 1 aromatic heterocycles. The summed E-state index contributed by atoms with van der Waals surface area (Å²) in [4.78, 5) is 2.51. The van der Waals surface area contributed by atoms with Gasteiger partial charge in [0.05, 0.1) is 11.4 Å². The number of anilines is 1. The quantitative estimate of drug-likeness (QED) is 0.890. The minimum Gasteiger partial charge on any atom is -0.366 e. The molecule has 0 aliphatic carbocycles. The van der Waals surface area contributed by atoms with Gasteiger partial charge in [0.25, 0.3) is 0 Å². The maximum Gasteiger partial charge on any atom is 0.0827 e. The maximum absolute atomic E-state index is 4.46. The predicted octanol–water partition coefficient (Wildman–Crippen LogP) is 1.94. The lowest BCUT2D eigenvalue weighted by molar-refractivity contribution is 0.274. The van der Waals surface area contributed by atoms with Gasteiger partial charge in [-0.05, 0) is 32.7 Å². The van der Waals surface area contributed by atoms with Crippen LogP contribution in [-0.2, 0) is 7.05 Å². The molecule has 2 rings (SSSR count). The average molecular weight is 250 g/mol. The van der Waals surface area contributed by atoms with Crippen LogP contribution in [-0.4, -0.2) is 35.0 Å². The first kappa shape index (κ1) is 13.4. The number of aromatic nitrogens is 2.